The Balaban J connectivity index is 1.88. The van der Waals surface area contributed by atoms with Crippen LogP contribution in [-0.2, 0) is 11.0 Å². The van der Waals surface area contributed by atoms with Gasteiger partial charge < -0.3 is 5.32 Å². The van der Waals surface area contributed by atoms with Crippen molar-refractivity contribution in [3.8, 4) is 0 Å². The third-order valence-corrected chi connectivity index (χ3v) is 3.43. The molecule has 1 heterocycles. The predicted octanol–water partition coefficient (Wildman–Crippen LogP) is 3.83. The van der Waals surface area contributed by atoms with E-state index in [2.05, 4.69) is 10.3 Å². The second-order valence-corrected chi connectivity index (χ2v) is 5.08. The minimum Gasteiger partial charge on any atom is -0.325 e. The molecule has 2 rings (SSSR count). The number of nitrogens with one attached hydrogen (secondary N) is 1. The second-order valence-electron chi connectivity index (χ2n) is 4.08. The minimum atomic E-state index is -4.38. The molecule has 1 aromatic carbocycles. The quantitative estimate of drug-likeness (QED) is 0.872. The monoisotopic (exact) mass is 312 g/mol. The Kier molecular flexibility index (Phi) is 4.85. The summed E-state index contributed by atoms with van der Waals surface area (Å²) < 4.78 is 37.2. The molecule has 1 amide bonds. The Bertz CT molecular complexity index is 600. The van der Waals surface area contributed by atoms with E-state index in [-0.39, 0.29) is 11.7 Å². The van der Waals surface area contributed by atoms with Gasteiger partial charge >= 0.3 is 6.18 Å². The number of hydrogen-bond acceptors (Lipinski definition) is 3. The number of benzene rings is 1. The van der Waals surface area contributed by atoms with Crippen LogP contribution >= 0.6 is 11.8 Å². The minimum absolute atomic E-state index is 0.137. The number of carbonyl (C=O) groups is 1. The molecule has 0 saturated heterocycles. The molecule has 2 aromatic rings. The van der Waals surface area contributed by atoms with Gasteiger partial charge in [0.05, 0.1) is 16.3 Å². The van der Waals surface area contributed by atoms with E-state index in [9.17, 15) is 18.0 Å². The van der Waals surface area contributed by atoms with Gasteiger partial charge in [-0.25, -0.2) is 4.98 Å². The van der Waals surface area contributed by atoms with Crippen molar-refractivity contribution >= 4 is 23.4 Å². The molecule has 0 radical (unpaired) electrons. The number of amides is 1. The van der Waals surface area contributed by atoms with Crippen molar-refractivity contribution in [2.45, 2.75) is 11.2 Å². The van der Waals surface area contributed by atoms with Crippen LogP contribution in [0, 0.1) is 0 Å². The van der Waals surface area contributed by atoms with E-state index in [0.29, 0.717) is 10.7 Å². The SMILES string of the molecule is O=C(CSc1ccccn1)Nc1ccc(C(F)(F)F)cc1. The van der Waals surface area contributed by atoms with Crippen LogP contribution in [0.25, 0.3) is 0 Å². The van der Waals surface area contributed by atoms with Gasteiger partial charge in [0.2, 0.25) is 5.91 Å². The first-order valence-electron chi connectivity index (χ1n) is 5.96. The summed E-state index contributed by atoms with van der Waals surface area (Å²) in [6.45, 7) is 0. The average molecular weight is 312 g/mol. The van der Waals surface area contributed by atoms with Crippen LogP contribution in [0.5, 0.6) is 0 Å². The summed E-state index contributed by atoms with van der Waals surface area (Å²) in [5.41, 5.74) is -0.419. The van der Waals surface area contributed by atoms with Crippen LogP contribution < -0.4 is 5.32 Å². The lowest BCUT2D eigenvalue weighted by molar-refractivity contribution is -0.137. The molecule has 0 aliphatic rings. The smallest absolute Gasteiger partial charge is 0.325 e. The van der Waals surface area contributed by atoms with Gasteiger partial charge in [-0.3, -0.25) is 4.79 Å². The van der Waals surface area contributed by atoms with Crippen LogP contribution in [0.2, 0.25) is 0 Å². The van der Waals surface area contributed by atoms with Gasteiger partial charge in [0.1, 0.15) is 0 Å². The Morgan fingerprint density at radius 1 is 1.14 bits per heavy atom. The maximum atomic E-state index is 12.4. The summed E-state index contributed by atoms with van der Waals surface area (Å²) in [5, 5.41) is 3.24. The van der Waals surface area contributed by atoms with E-state index in [4.69, 9.17) is 0 Å². The lowest BCUT2D eigenvalue weighted by Crippen LogP contribution is -2.14. The highest BCUT2D eigenvalue weighted by Crippen LogP contribution is 2.29. The van der Waals surface area contributed by atoms with Crippen molar-refractivity contribution in [1.29, 1.82) is 0 Å². The molecular formula is C14H11F3N2OS. The molecule has 110 valence electrons. The average Bonchev–Trinajstić information content (AvgIpc) is 2.46. The third kappa shape index (κ3) is 4.78. The van der Waals surface area contributed by atoms with Gasteiger partial charge in [-0.2, -0.15) is 13.2 Å². The van der Waals surface area contributed by atoms with E-state index in [0.717, 1.165) is 12.1 Å². The van der Waals surface area contributed by atoms with Crippen LogP contribution in [-0.4, -0.2) is 16.6 Å². The van der Waals surface area contributed by atoms with Gasteiger partial charge in [0.15, 0.2) is 0 Å². The van der Waals surface area contributed by atoms with E-state index in [1.165, 1.54) is 23.9 Å². The summed E-state index contributed by atoms with van der Waals surface area (Å²) in [7, 11) is 0. The maximum Gasteiger partial charge on any atom is 0.416 e. The zero-order valence-corrected chi connectivity index (χ0v) is 11.5. The van der Waals surface area contributed by atoms with Crippen LogP contribution in [0.1, 0.15) is 5.56 Å². The maximum absolute atomic E-state index is 12.4. The summed E-state index contributed by atoms with van der Waals surface area (Å²) in [4.78, 5) is 15.7. The number of hydrogen-bond donors (Lipinski definition) is 1. The number of halogens is 3. The van der Waals surface area contributed by atoms with E-state index in [1.54, 1.807) is 18.3 Å². The molecule has 0 aliphatic carbocycles. The van der Waals surface area contributed by atoms with Crippen molar-refractivity contribution in [3.63, 3.8) is 0 Å². The summed E-state index contributed by atoms with van der Waals surface area (Å²) >= 11 is 1.25. The van der Waals surface area contributed by atoms with E-state index >= 15 is 0 Å². The highest BCUT2D eigenvalue weighted by molar-refractivity contribution is 7.99. The molecule has 0 saturated carbocycles. The van der Waals surface area contributed by atoms with Crippen molar-refractivity contribution < 1.29 is 18.0 Å². The van der Waals surface area contributed by atoms with E-state index in [1.807, 2.05) is 6.07 Å². The fourth-order valence-corrected chi connectivity index (χ4v) is 2.17. The fourth-order valence-electron chi connectivity index (χ4n) is 1.51. The normalized spacial score (nSPS) is 11.2. The number of rotatable bonds is 4. The first-order chi connectivity index (χ1) is 9.95. The van der Waals surface area contributed by atoms with Crippen molar-refractivity contribution in [2.75, 3.05) is 11.1 Å². The number of alkyl halides is 3. The highest BCUT2D eigenvalue weighted by atomic mass is 32.2. The Morgan fingerprint density at radius 2 is 1.86 bits per heavy atom. The third-order valence-electron chi connectivity index (χ3n) is 2.48. The zero-order valence-electron chi connectivity index (χ0n) is 10.7. The van der Waals surface area contributed by atoms with Crippen molar-refractivity contribution in [1.82, 2.24) is 4.98 Å². The Hall–Kier alpha value is -2.02. The molecule has 1 aromatic heterocycles. The van der Waals surface area contributed by atoms with Crippen molar-refractivity contribution in [2.24, 2.45) is 0 Å². The summed E-state index contributed by atoms with van der Waals surface area (Å²) in [6, 6.07) is 9.67. The molecule has 0 aliphatic heterocycles. The molecular weight excluding hydrogens is 301 g/mol. The van der Waals surface area contributed by atoms with Gasteiger partial charge in [0, 0.05) is 11.9 Å². The molecule has 7 heteroatoms. The summed E-state index contributed by atoms with van der Waals surface area (Å²) in [6.07, 6.45) is -2.76. The molecule has 0 spiro atoms. The zero-order chi connectivity index (χ0) is 15.3. The topological polar surface area (TPSA) is 42.0 Å². The number of thioether (sulfide) groups is 1. The fraction of sp³-hybridized carbons (Fsp3) is 0.143. The van der Waals surface area contributed by atoms with Crippen molar-refractivity contribution in [3.05, 3.63) is 54.2 Å². The van der Waals surface area contributed by atoms with Gasteiger partial charge in [-0.15, -0.1) is 0 Å². The van der Waals surface area contributed by atoms with Gasteiger partial charge in [-0.05, 0) is 36.4 Å². The molecule has 1 N–H and O–H groups in total. The summed E-state index contributed by atoms with van der Waals surface area (Å²) in [5.74, 6) is -0.164. The van der Waals surface area contributed by atoms with Crippen LogP contribution in [0.4, 0.5) is 18.9 Å². The molecule has 21 heavy (non-hydrogen) atoms. The largest absolute Gasteiger partial charge is 0.416 e. The molecule has 0 atom stereocenters. The highest BCUT2D eigenvalue weighted by Gasteiger charge is 2.29. The predicted molar refractivity (Wildman–Crippen MR) is 75.0 cm³/mol. The first-order valence-corrected chi connectivity index (χ1v) is 6.94. The number of pyridine rings is 1. The van der Waals surface area contributed by atoms with E-state index < -0.39 is 11.7 Å². The van der Waals surface area contributed by atoms with Gasteiger partial charge in [-0.1, -0.05) is 17.8 Å². The molecule has 3 nitrogen and oxygen atoms in total. The number of aromatic nitrogens is 1. The lowest BCUT2D eigenvalue weighted by atomic mass is 10.2. The lowest BCUT2D eigenvalue weighted by Gasteiger charge is -2.08. The Morgan fingerprint density at radius 3 is 2.43 bits per heavy atom. The second kappa shape index (κ2) is 6.62. The number of nitrogens with zero attached hydrogens (tertiary/aromatic N) is 1. The number of anilines is 1. The van der Waals surface area contributed by atoms with Crippen LogP contribution in [0.3, 0.4) is 0 Å². The standard InChI is InChI=1S/C14H11F3N2OS/c15-14(16,17)10-4-6-11(7-5-10)19-12(20)9-21-13-3-1-2-8-18-13/h1-8H,9H2,(H,19,20). The Labute approximate surface area is 123 Å². The van der Waals surface area contributed by atoms with Gasteiger partial charge in [0.25, 0.3) is 0 Å². The molecule has 0 fully saturated rings. The first kappa shape index (κ1) is 15.4. The van der Waals surface area contributed by atoms with Crippen LogP contribution in [0.15, 0.2) is 53.7 Å². The number of carbonyl (C=O) groups excluding carboxylic acids is 1. The molecule has 0 bridgehead atoms. The molecule has 0 unspecified atom stereocenters.